The van der Waals surface area contributed by atoms with E-state index in [1.807, 2.05) is 66.7 Å². The largest absolute Gasteiger partial charge is 0.365 e. The van der Waals surface area contributed by atoms with Crippen molar-refractivity contribution in [2.45, 2.75) is 18.9 Å². The van der Waals surface area contributed by atoms with Crippen molar-refractivity contribution in [3.63, 3.8) is 0 Å². The minimum atomic E-state index is 0.302. The zero-order valence-electron chi connectivity index (χ0n) is 15.6. The van der Waals surface area contributed by atoms with Gasteiger partial charge in [0.2, 0.25) is 0 Å². The third kappa shape index (κ3) is 3.41. The average Bonchev–Trinajstić information content (AvgIpc) is 3.58. The molecule has 5 rings (SSSR count). The molecule has 0 bridgehead atoms. The fraction of sp³-hybridized carbons (Fsp3) is 0.125. The Morgan fingerprint density at radius 2 is 1.62 bits per heavy atom. The molecule has 0 amide bonds. The molecule has 0 atom stereocenters. The second-order valence-corrected chi connectivity index (χ2v) is 7.60. The monoisotopic (exact) mass is 396 g/mol. The zero-order chi connectivity index (χ0) is 19.8. The predicted octanol–water partition coefficient (Wildman–Crippen LogP) is 6.06. The number of nitriles is 1. The first-order chi connectivity index (χ1) is 14.2. The van der Waals surface area contributed by atoms with Crippen LogP contribution >= 0.6 is 11.6 Å². The van der Waals surface area contributed by atoms with E-state index in [1.165, 1.54) is 0 Å². The highest BCUT2D eigenvalue weighted by Gasteiger charge is 2.25. The van der Waals surface area contributed by atoms with Gasteiger partial charge in [0, 0.05) is 27.6 Å². The zero-order valence-corrected chi connectivity index (χ0v) is 16.3. The van der Waals surface area contributed by atoms with Crippen molar-refractivity contribution in [1.29, 1.82) is 5.26 Å². The number of aromatic nitrogens is 2. The summed E-state index contributed by atoms with van der Waals surface area (Å²) in [6.45, 7) is 0. The molecule has 1 heterocycles. The highest BCUT2D eigenvalue weighted by atomic mass is 35.5. The number of halogens is 1. The van der Waals surface area contributed by atoms with Crippen LogP contribution in [0.5, 0.6) is 0 Å². The number of fused-ring (bicyclic) bond motifs is 1. The van der Waals surface area contributed by atoms with E-state index in [9.17, 15) is 5.26 Å². The fourth-order valence-corrected chi connectivity index (χ4v) is 3.72. The summed E-state index contributed by atoms with van der Waals surface area (Å²) in [7, 11) is 0. The van der Waals surface area contributed by atoms with Crippen LogP contribution in [0, 0.1) is 11.3 Å². The van der Waals surface area contributed by atoms with Crippen molar-refractivity contribution in [1.82, 2.24) is 9.97 Å². The van der Waals surface area contributed by atoms with Gasteiger partial charge in [-0.3, -0.25) is 0 Å². The van der Waals surface area contributed by atoms with Gasteiger partial charge in [0.25, 0.3) is 0 Å². The first kappa shape index (κ1) is 17.7. The van der Waals surface area contributed by atoms with Crippen LogP contribution in [-0.4, -0.2) is 16.0 Å². The van der Waals surface area contributed by atoms with Gasteiger partial charge in [-0.25, -0.2) is 9.97 Å². The lowest BCUT2D eigenvalue weighted by molar-refractivity contribution is 1.08. The number of anilines is 1. The molecule has 0 saturated heterocycles. The van der Waals surface area contributed by atoms with Gasteiger partial charge < -0.3 is 5.32 Å². The summed E-state index contributed by atoms with van der Waals surface area (Å²) in [6, 6.07) is 24.4. The number of nitrogens with one attached hydrogen (secondary N) is 1. The molecule has 5 heteroatoms. The molecule has 1 fully saturated rings. The summed E-state index contributed by atoms with van der Waals surface area (Å²) in [4.78, 5) is 9.56. The quantitative estimate of drug-likeness (QED) is 0.455. The molecule has 3 aromatic carbocycles. The van der Waals surface area contributed by atoms with Crippen LogP contribution in [0.15, 0.2) is 66.7 Å². The maximum absolute atomic E-state index is 9.69. The van der Waals surface area contributed by atoms with Crippen molar-refractivity contribution >= 4 is 28.2 Å². The highest BCUT2D eigenvalue weighted by molar-refractivity contribution is 6.36. The molecule has 0 unspecified atom stereocenters. The summed E-state index contributed by atoms with van der Waals surface area (Å²) < 4.78 is 0. The summed E-state index contributed by atoms with van der Waals surface area (Å²) in [5.41, 5.74) is 3.48. The van der Waals surface area contributed by atoms with Gasteiger partial charge in [-0.15, -0.1) is 0 Å². The second kappa shape index (κ2) is 7.20. The minimum absolute atomic E-state index is 0.302. The lowest BCUT2D eigenvalue weighted by Crippen LogP contribution is -2.09. The lowest BCUT2D eigenvalue weighted by Gasteiger charge is -2.14. The Kier molecular flexibility index (Phi) is 4.38. The maximum Gasteiger partial charge on any atom is 0.183 e. The van der Waals surface area contributed by atoms with Crippen LogP contribution in [0.3, 0.4) is 0 Å². The van der Waals surface area contributed by atoms with Gasteiger partial charge in [-0.05, 0) is 30.4 Å². The highest BCUT2D eigenvalue weighted by Crippen LogP contribution is 2.36. The van der Waals surface area contributed by atoms with E-state index >= 15 is 0 Å². The Labute approximate surface area is 173 Å². The summed E-state index contributed by atoms with van der Waals surface area (Å²) in [6.07, 6.45) is 2.19. The van der Waals surface area contributed by atoms with Gasteiger partial charge in [-0.1, -0.05) is 66.2 Å². The van der Waals surface area contributed by atoms with Crippen molar-refractivity contribution in [2.75, 3.05) is 5.32 Å². The van der Waals surface area contributed by atoms with E-state index < -0.39 is 0 Å². The Morgan fingerprint density at radius 3 is 2.38 bits per heavy atom. The van der Waals surface area contributed by atoms with E-state index in [2.05, 4.69) is 11.4 Å². The van der Waals surface area contributed by atoms with Gasteiger partial charge >= 0.3 is 0 Å². The van der Waals surface area contributed by atoms with E-state index in [0.29, 0.717) is 28.3 Å². The van der Waals surface area contributed by atoms with Crippen LogP contribution < -0.4 is 5.32 Å². The van der Waals surface area contributed by atoms with E-state index in [1.54, 1.807) is 0 Å². The van der Waals surface area contributed by atoms with Crippen LogP contribution in [0.4, 0.5) is 5.82 Å². The molecule has 1 aliphatic carbocycles. The van der Waals surface area contributed by atoms with Crippen LogP contribution in [0.1, 0.15) is 18.5 Å². The van der Waals surface area contributed by atoms with Crippen molar-refractivity contribution < 1.29 is 0 Å². The van der Waals surface area contributed by atoms with Crippen molar-refractivity contribution in [2.24, 2.45) is 0 Å². The summed E-state index contributed by atoms with van der Waals surface area (Å²) >= 11 is 6.57. The summed E-state index contributed by atoms with van der Waals surface area (Å²) in [5.74, 6) is 0.546. The topological polar surface area (TPSA) is 61.6 Å². The third-order valence-corrected chi connectivity index (χ3v) is 5.36. The normalized spacial score (nSPS) is 13.2. The number of hydrogen-bond acceptors (Lipinski definition) is 4. The molecule has 1 N–H and O–H groups in total. The molecule has 4 aromatic rings. The van der Waals surface area contributed by atoms with Crippen LogP contribution in [0.2, 0.25) is 5.02 Å². The number of nitrogens with zero attached hydrogens (tertiary/aromatic N) is 3. The standard InChI is InChI=1S/C24H17ClN4/c25-20-13-17(12-16-8-4-5-9-19(16)20)23-22(15-6-2-1-3-7-15)29-24(21(14-26)28-23)27-18-10-11-18/h1-9,12-13,18H,10-11H2,(H,27,29). The van der Waals surface area contributed by atoms with Gasteiger partial charge in [0.15, 0.2) is 11.5 Å². The molecule has 0 aliphatic heterocycles. The molecule has 4 nitrogen and oxygen atoms in total. The van der Waals surface area contributed by atoms with Gasteiger partial charge in [0.05, 0.1) is 11.4 Å². The molecule has 0 radical (unpaired) electrons. The second-order valence-electron chi connectivity index (χ2n) is 7.19. The molecule has 0 spiro atoms. The Morgan fingerprint density at radius 1 is 0.897 bits per heavy atom. The van der Waals surface area contributed by atoms with E-state index in [4.69, 9.17) is 21.6 Å². The van der Waals surface area contributed by atoms with Gasteiger partial charge in [0.1, 0.15) is 6.07 Å². The smallest absolute Gasteiger partial charge is 0.183 e. The average molecular weight is 397 g/mol. The molecule has 29 heavy (non-hydrogen) atoms. The van der Waals surface area contributed by atoms with Crippen LogP contribution in [0.25, 0.3) is 33.3 Å². The molecule has 1 aliphatic rings. The number of benzene rings is 3. The Bertz CT molecular complexity index is 1260. The van der Waals surface area contributed by atoms with Crippen molar-refractivity contribution in [3.8, 4) is 28.6 Å². The molecule has 1 aromatic heterocycles. The summed E-state index contributed by atoms with van der Waals surface area (Å²) in [5, 5.41) is 15.7. The van der Waals surface area contributed by atoms with Gasteiger partial charge in [-0.2, -0.15) is 5.26 Å². The Balaban J connectivity index is 1.76. The van der Waals surface area contributed by atoms with E-state index in [0.717, 1.165) is 40.4 Å². The lowest BCUT2D eigenvalue weighted by atomic mass is 10.0. The molecular weight excluding hydrogens is 380 g/mol. The maximum atomic E-state index is 9.69. The van der Waals surface area contributed by atoms with Crippen molar-refractivity contribution in [3.05, 3.63) is 77.4 Å². The number of hydrogen-bond donors (Lipinski definition) is 1. The molecule has 140 valence electrons. The Hall–Kier alpha value is -3.42. The fourth-order valence-electron chi connectivity index (χ4n) is 3.43. The predicted molar refractivity (Wildman–Crippen MR) is 117 cm³/mol. The first-order valence-corrected chi connectivity index (χ1v) is 9.93. The van der Waals surface area contributed by atoms with E-state index in [-0.39, 0.29) is 0 Å². The third-order valence-electron chi connectivity index (χ3n) is 5.05. The molecule has 1 saturated carbocycles. The first-order valence-electron chi connectivity index (χ1n) is 9.55. The SMILES string of the molecule is N#Cc1nc(-c2cc(Cl)c3ccccc3c2)c(-c2ccccc2)nc1NC1CC1. The number of rotatable bonds is 4. The minimum Gasteiger partial charge on any atom is -0.365 e. The molecular formula is C24H17ClN4. The van der Waals surface area contributed by atoms with Crippen LogP contribution in [-0.2, 0) is 0 Å².